The van der Waals surface area contributed by atoms with E-state index in [1.165, 1.54) is 6.92 Å². The minimum Gasteiger partial charge on any atom is -0.449 e. The van der Waals surface area contributed by atoms with E-state index in [4.69, 9.17) is 10.5 Å². The van der Waals surface area contributed by atoms with Crippen molar-refractivity contribution in [3.63, 3.8) is 0 Å². The minimum absolute atomic E-state index is 0.155. The van der Waals surface area contributed by atoms with Crippen LogP contribution in [0.5, 0.6) is 0 Å². The summed E-state index contributed by atoms with van der Waals surface area (Å²) >= 11 is 0. The second kappa shape index (κ2) is 9.04. The summed E-state index contributed by atoms with van der Waals surface area (Å²) in [7, 11) is 0. The lowest BCUT2D eigenvalue weighted by molar-refractivity contribution is -0.130. The van der Waals surface area contributed by atoms with Crippen molar-refractivity contribution in [3.05, 3.63) is 59.2 Å². The number of carbonyl (C=O) groups excluding carboxylic acids is 3. The molecular formula is C18H15F4N3O4. The summed E-state index contributed by atoms with van der Waals surface area (Å²) in [6, 6.07) is 4.41. The Morgan fingerprint density at radius 3 is 2.41 bits per heavy atom. The first-order chi connectivity index (χ1) is 13.6. The maximum absolute atomic E-state index is 13.5. The van der Waals surface area contributed by atoms with Crippen LogP contribution >= 0.6 is 0 Å². The number of carbonyl (C=O) groups is 3. The Hall–Kier alpha value is -3.63. The van der Waals surface area contributed by atoms with E-state index < -0.39 is 59.4 Å². The van der Waals surface area contributed by atoms with Gasteiger partial charge in [-0.1, -0.05) is 0 Å². The van der Waals surface area contributed by atoms with Gasteiger partial charge in [-0.2, -0.15) is 0 Å². The fourth-order valence-corrected chi connectivity index (χ4v) is 2.12. The van der Waals surface area contributed by atoms with Gasteiger partial charge < -0.3 is 21.1 Å². The molecule has 0 saturated heterocycles. The quantitative estimate of drug-likeness (QED) is 0.291. The molecule has 0 saturated carbocycles. The van der Waals surface area contributed by atoms with E-state index in [0.717, 1.165) is 24.3 Å². The average molecular weight is 413 g/mol. The summed E-state index contributed by atoms with van der Waals surface area (Å²) in [5.41, 5.74) is 4.55. The van der Waals surface area contributed by atoms with Crippen molar-refractivity contribution < 1.29 is 36.7 Å². The van der Waals surface area contributed by atoms with Gasteiger partial charge in [0.05, 0.1) is 17.8 Å². The van der Waals surface area contributed by atoms with E-state index in [0.29, 0.717) is 6.07 Å². The third-order valence-corrected chi connectivity index (χ3v) is 3.62. The molecule has 4 N–H and O–H groups in total. The highest BCUT2D eigenvalue weighted by atomic mass is 19.2. The number of anilines is 2. The van der Waals surface area contributed by atoms with Crippen LogP contribution < -0.4 is 16.4 Å². The van der Waals surface area contributed by atoms with Crippen LogP contribution in [-0.2, 0) is 14.3 Å². The van der Waals surface area contributed by atoms with Gasteiger partial charge in [0, 0.05) is 5.69 Å². The van der Waals surface area contributed by atoms with E-state index >= 15 is 0 Å². The molecule has 0 fully saturated rings. The molecule has 0 aromatic heterocycles. The van der Waals surface area contributed by atoms with Crippen LogP contribution in [0, 0.1) is 23.3 Å². The number of hydrogen-bond donors (Lipinski definition) is 3. The Bertz CT molecular complexity index is 968. The molecule has 154 valence electrons. The molecule has 0 aliphatic heterocycles. The highest BCUT2D eigenvalue weighted by Gasteiger charge is 2.21. The Balaban J connectivity index is 1.89. The van der Waals surface area contributed by atoms with Crippen molar-refractivity contribution >= 4 is 29.2 Å². The largest absolute Gasteiger partial charge is 0.449 e. The van der Waals surface area contributed by atoms with E-state index in [-0.39, 0.29) is 11.3 Å². The number of amides is 2. The fourth-order valence-electron chi connectivity index (χ4n) is 2.12. The van der Waals surface area contributed by atoms with Crippen molar-refractivity contribution in [2.24, 2.45) is 0 Å². The molecular weight excluding hydrogens is 398 g/mol. The van der Waals surface area contributed by atoms with Crippen molar-refractivity contribution in [2.75, 3.05) is 17.6 Å². The summed E-state index contributed by atoms with van der Waals surface area (Å²) in [4.78, 5) is 35.6. The van der Waals surface area contributed by atoms with Crippen LogP contribution in [0.25, 0.3) is 0 Å². The first kappa shape index (κ1) is 21.7. The fraction of sp³-hybridized carbons (Fsp3) is 0.167. The molecule has 0 radical (unpaired) electrons. The molecule has 2 amide bonds. The number of rotatable bonds is 6. The zero-order valence-electron chi connectivity index (χ0n) is 14.9. The van der Waals surface area contributed by atoms with Gasteiger partial charge in [0.25, 0.3) is 5.91 Å². The summed E-state index contributed by atoms with van der Waals surface area (Å²) in [5, 5.41) is 4.08. The lowest BCUT2D eigenvalue weighted by Gasteiger charge is -2.14. The molecule has 0 spiro atoms. The number of nitrogens with two attached hydrogens (primary N) is 1. The first-order valence-electron chi connectivity index (χ1n) is 8.07. The number of benzene rings is 2. The van der Waals surface area contributed by atoms with Crippen molar-refractivity contribution in [1.82, 2.24) is 5.32 Å². The number of nitrogens with one attached hydrogen (secondary N) is 2. The minimum atomic E-state index is -1.76. The van der Waals surface area contributed by atoms with Crippen molar-refractivity contribution in [2.45, 2.75) is 13.0 Å². The maximum atomic E-state index is 13.5. The summed E-state index contributed by atoms with van der Waals surface area (Å²) < 4.78 is 57.4. The Morgan fingerprint density at radius 2 is 1.76 bits per heavy atom. The van der Waals surface area contributed by atoms with Crippen molar-refractivity contribution in [1.29, 1.82) is 0 Å². The summed E-state index contributed by atoms with van der Waals surface area (Å²) in [6.45, 7) is 0.539. The molecule has 2 aromatic carbocycles. The molecule has 0 aliphatic carbocycles. The molecule has 0 bridgehead atoms. The monoisotopic (exact) mass is 413 g/mol. The van der Waals surface area contributed by atoms with Crippen LogP contribution in [0.15, 0.2) is 30.3 Å². The van der Waals surface area contributed by atoms with Gasteiger partial charge in [-0.15, -0.1) is 0 Å². The van der Waals surface area contributed by atoms with Gasteiger partial charge in [0.1, 0.15) is 5.82 Å². The topological polar surface area (TPSA) is 111 Å². The standard InChI is InChI=1S/C18H15F4N3O4/c1-8(29-18(28)10-3-2-9(19)6-12(10)23)17(27)24-7-14(26)25-13-5-4-11(20)15(21)16(13)22/h2-6,8H,7,23H2,1H3,(H,24,27)(H,25,26). The molecule has 7 nitrogen and oxygen atoms in total. The van der Waals surface area contributed by atoms with Crippen LogP contribution in [0.1, 0.15) is 17.3 Å². The highest BCUT2D eigenvalue weighted by Crippen LogP contribution is 2.19. The molecule has 0 aliphatic rings. The molecule has 1 atom stereocenters. The Morgan fingerprint density at radius 1 is 1.07 bits per heavy atom. The van der Waals surface area contributed by atoms with E-state index in [2.05, 4.69) is 5.32 Å². The van der Waals surface area contributed by atoms with Crippen LogP contribution in [0.2, 0.25) is 0 Å². The lowest BCUT2D eigenvalue weighted by Crippen LogP contribution is -2.40. The second-order valence-electron chi connectivity index (χ2n) is 5.77. The average Bonchev–Trinajstić information content (AvgIpc) is 2.66. The molecule has 0 heterocycles. The zero-order valence-corrected chi connectivity index (χ0v) is 14.9. The van der Waals surface area contributed by atoms with Crippen LogP contribution in [0.3, 0.4) is 0 Å². The SMILES string of the molecule is CC(OC(=O)c1ccc(F)cc1N)C(=O)NCC(=O)Nc1ccc(F)c(F)c1F. The van der Waals surface area contributed by atoms with E-state index in [9.17, 15) is 31.9 Å². The number of esters is 1. The lowest BCUT2D eigenvalue weighted by atomic mass is 10.2. The van der Waals surface area contributed by atoms with Gasteiger partial charge in [-0.05, 0) is 37.3 Å². The molecule has 2 aromatic rings. The van der Waals surface area contributed by atoms with Crippen LogP contribution in [-0.4, -0.2) is 30.4 Å². The molecule has 11 heteroatoms. The second-order valence-corrected chi connectivity index (χ2v) is 5.77. The Kier molecular flexibility index (Phi) is 6.75. The number of nitrogen functional groups attached to an aromatic ring is 1. The smallest absolute Gasteiger partial charge is 0.341 e. The molecule has 1 unspecified atom stereocenters. The summed E-state index contributed by atoms with van der Waals surface area (Å²) in [5.74, 6) is -8.24. The highest BCUT2D eigenvalue weighted by molar-refractivity contribution is 5.98. The van der Waals surface area contributed by atoms with Crippen LogP contribution in [0.4, 0.5) is 28.9 Å². The third kappa shape index (κ3) is 5.43. The molecule has 2 rings (SSSR count). The van der Waals surface area contributed by atoms with Crippen molar-refractivity contribution in [3.8, 4) is 0 Å². The predicted octanol–water partition coefficient (Wildman–Crippen LogP) is 2.13. The summed E-state index contributed by atoms with van der Waals surface area (Å²) in [6.07, 6.45) is -1.35. The zero-order chi connectivity index (χ0) is 21.7. The number of hydrogen-bond acceptors (Lipinski definition) is 5. The van der Waals surface area contributed by atoms with Gasteiger partial charge in [-0.25, -0.2) is 22.4 Å². The molecule has 29 heavy (non-hydrogen) atoms. The van der Waals surface area contributed by atoms with Gasteiger partial charge >= 0.3 is 5.97 Å². The van der Waals surface area contributed by atoms with Gasteiger partial charge in [0.2, 0.25) is 5.91 Å². The van der Waals surface area contributed by atoms with E-state index in [1.807, 2.05) is 5.32 Å². The van der Waals surface area contributed by atoms with E-state index in [1.54, 1.807) is 0 Å². The number of ether oxygens (including phenoxy) is 1. The van der Waals surface area contributed by atoms with Gasteiger partial charge in [-0.3, -0.25) is 9.59 Å². The van der Waals surface area contributed by atoms with Gasteiger partial charge in [0.15, 0.2) is 23.6 Å². The first-order valence-corrected chi connectivity index (χ1v) is 8.07. The predicted molar refractivity (Wildman–Crippen MR) is 93.6 cm³/mol. The number of halogens is 4. The third-order valence-electron chi connectivity index (χ3n) is 3.62. The normalized spacial score (nSPS) is 11.5. The maximum Gasteiger partial charge on any atom is 0.341 e. The Labute approximate surface area is 161 Å².